The molecular formula is C17H17N3O5S2. The minimum Gasteiger partial charge on any atom is -0.459 e. The van der Waals surface area contributed by atoms with Crippen LogP contribution in [0.2, 0.25) is 0 Å². The van der Waals surface area contributed by atoms with Crippen LogP contribution in [0.15, 0.2) is 50.9 Å². The van der Waals surface area contributed by atoms with Crippen molar-refractivity contribution >= 4 is 33.0 Å². The normalized spacial score (nSPS) is 11.6. The van der Waals surface area contributed by atoms with E-state index in [1.165, 1.54) is 16.5 Å². The first kappa shape index (κ1) is 19.2. The first-order valence-corrected chi connectivity index (χ1v) is 10.4. The number of ether oxygens (including phenoxy) is 1. The number of hydrogen-bond donors (Lipinski definition) is 1. The lowest BCUT2D eigenvalue weighted by molar-refractivity contribution is -0.144. The van der Waals surface area contributed by atoms with Crippen LogP contribution in [0.5, 0.6) is 0 Å². The smallest absolute Gasteiger partial charge is 0.307 e. The van der Waals surface area contributed by atoms with E-state index in [9.17, 15) is 18.0 Å². The first-order chi connectivity index (χ1) is 12.8. The van der Waals surface area contributed by atoms with Crippen LogP contribution in [-0.4, -0.2) is 30.3 Å². The fraction of sp³-hybridized carbons (Fsp3) is 0.235. The van der Waals surface area contributed by atoms with E-state index in [-0.39, 0.29) is 29.3 Å². The second-order valence-corrected chi connectivity index (χ2v) is 8.70. The van der Waals surface area contributed by atoms with E-state index in [0.717, 1.165) is 16.9 Å². The molecule has 3 aromatic rings. The molecule has 0 radical (unpaired) electrons. The lowest BCUT2D eigenvalue weighted by Crippen LogP contribution is -2.26. The number of thiophene rings is 1. The number of carbonyl (C=O) groups excluding carboxylic acids is 1. The van der Waals surface area contributed by atoms with Gasteiger partial charge in [0.05, 0.1) is 12.1 Å². The molecule has 0 unspecified atom stereocenters. The number of esters is 1. The van der Waals surface area contributed by atoms with Crippen LogP contribution in [-0.2, 0) is 26.2 Å². The maximum Gasteiger partial charge on any atom is 0.307 e. The van der Waals surface area contributed by atoms with Gasteiger partial charge in [-0.25, -0.2) is 18.1 Å². The minimum absolute atomic E-state index is 0.0773. The van der Waals surface area contributed by atoms with E-state index >= 15 is 0 Å². The number of hydrogen-bond acceptors (Lipinski definition) is 7. The molecule has 0 atom stereocenters. The Morgan fingerprint density at radius 3 is 2.89 bits per heavy atom. The van der Waals surface area contributed by atoms with Crippen LogP contribution >= 0.6 is 11.3 Å². The zero-order chi connectivity index (χ0) is 19.4. The van der Waals surface area contributed by atoms with Crippen LogP contribution in [0.4, 0.5) is 0 Å². The minimum atomic E-state index is -3.61. The molecule has 0 amide bonds. The predicted octanol–water partition coefficient (Wildman–Crippen LogP) is 1.48. The highest BCUT2D eigenvalue weighted by atomic mass is 32.2. The van der Waals surface area contributed by atoms with Gasteiger partial charge in [0.2, 0.25) is 10.0 Å². The molecule has 0 saturated carbocycles. The number of nitrogens with one attached hydrogen (secondary N) is 1. The van der Waals surface area contributed by atoms with E-state index < -0.39 is 16.0 Å². The van der Waals surface area contributed by atoms with E-state index in [4.69, 9.17) is 4.74 Å². The second-order valence-electron chi connectivity index (χ2n) is 5.76. The van der Waals surface area contributed by atoms with E-state index in [0.29, 0.717) is 11.3 Å². The number of aromatic nitrogens is 2. The summed E-state index contributed by atoms with van der Waals surface area (Å²) in [4.78, 5) is 28.2. The Hall–Kier alpha value is -2.56. The van der Waals surface area contributed by atoms with Gasteiger partial charge in [-0.3, -0.25) is 14.0 Å². The molecule has 0 aliphatic carbocycles. The number of aryl methyl sites for hydroxylation is 1. The van der Waals surface area contributed by atoms with Gasteiger partial charge in [0, 0.05) is 18.8 Å². The summed E-state index contributed by atoms with van der Waals surface area (Å²) in [6, 6.07) is 7.97. The van der Waals surface area contributed by atoms with Crippen molar-refractivity contribution in [2.75, 3.05) is 6.54 Å². The highest BCUT2D eigenvalue weighted by Crippen LogP contribution is 2.15. The van der Waals surface area contributed by atoms with Gasteiger partial charge in [-0.1, -0.05) is 6.07 Å². The molecule has 0 saturated heterocycles. The fourth-order valence-electron chi connectivity index (χ4n) is 2.33. The molecule has 1 N–H and O–H groups in total. The van der Waals surface area contributed by atoms with Crippen molar-refractivity contribution in [1.29, 1.82) is 0 Å². The third kappa shape index (κ3) is 4.79. The average Bonchev–Trinajstić information content (AvgIpc) is 3.15. The van der Waals surface area contributed by atoms with Crippen molar-refractivity contribution < 1.29 is 17.9 Å². The lowest BCUT2D eigenvalue weighted by Gasteiger charge is -2.07. The summed E-state index contributed by atoms with van der Waals surface area (Å²) < 4.78 is 32.9. The summed E-state index contributed by atoms with van der Waals surface area (Å²) in [5, 5.41) is 1.66. The molecule has 0 bridgehead atoms. The van der Waals surface area contributed by atoms with Crippen molar-refractivity contribution in [1.82, 2.24) is 14.1 Å². The topological polar surface area (TPSA) is 107 Å². The first-order valence-electron chi connectivity index (χ1n) is 8.03. The molecule has 142 valence electrons. The molecule has 3 aromatic heterocycles. The predicted molar refractivity (Wildman–Crippen MR) is 100 cm³/mol. The molecule has 0 aliphatic rings. The molecule has 0 spiro atoms. The van der Waals surface area contributed by atoms with Gasteiger partial charge in [0.25, 0.3) is 5.56 Å². The van der Waals surface area contributed by atoms with Gasteiger partial charge >= 0.3 is 5.97 Å². The van der Waals surface area contributed by atoms with Crippen LogP contribution in [0.25, 0.3) is 5.65 Å². The van der Waals surface area contributed by atoms with Crippen molar-refractivity contribution in [2.24, 2.45) is 0 Å². The van der Waals surface area contributed by atoms with Gasteiger partial charge in [-0.05, 0) is 36.1 Å². The Morgan fingerprint density at radius 1 is 1.33 bits per heavy atom. The molecule has 3 heterocycles. The monoisotopic (exact) mass is 407 g/mol. The highest BCUT2D eigenvalue weighted by Gasteiger charge is 2.15. The summed E-state index contributed by atoms with van der Waals surface area (Å²) in [5.74, 6) is -0.588. The fourth-order valence-corrected chi connectivity index (χ4v) is 4.40. The molecule has 8 nitrogen and oxygen atoms in total. The third-order valence-electron chi connectivity index (χ3n) is 3.64. The summed E-state index contributed by atoms with van der Waals surface area (Å²) in [6.45, 7) is 1.65. The molecule has 0 aliphatic heterocycles. The van der Waals surface area contributed by atoms with E-state index in [1.807, 2.05) is 6.92 Å². The molecule has 0 fully saturated rings. The van der Waals surface area contributed by atoms with Crippen molar-refractivity contribution in [2.45, 2.75) is 24.2 Å². The van der Waals surface area contributed by atoms with E-state index in [2.05, 4.69) is 9.71 Å². The quantitative estimate of drug-likeness (QED) is 0.595. The Labute approximate surface area is 159 Å². The van der Waals surface area contributed by atoms with E-state index in [1.54, 1.807) is 29.8 Å². The van der Waals surface area contributed by atoms with Gasteiger partial charge < -0.3 is 4.74 Å². The number of carbonyl (C=O) groups is 1. The van der Waals surface area contributed by atoms with Crippen LogP contribution in [0.3, 0.4) is 0 Å². The second kappa shape index (κ2) is 7.99. The maximum absolute atomic E-state index is 12.1. The number of pyridine rings is 1. The lowest BCUT2D eigenvalue weighted by atomic mass is 10.3. The van der Waals surface area contributed by atoms with Gasteiger partial charge in [0.1, 0.15) is 16.5 Å². The van der Waals surface area contributed by atoms with Crippen LogP contribution < -0.4 is 10.3 Å². The Morgan fingerprint density at radius 2 is 2.15 bits per heavy atom. The Bertz CT molecular complexity index is 1120. The summed E-state index contributed by atoms with van der Waals surface area (Å²) in [5.41, 5.74) is 1.49. The number of sulfonamides is 1. The van der Waals surface area contributed by atoms with Crippen molar-refractivity contribution in [3.8, 4) is 0 Å². The zero-order valence-electron chi connectivity index (χ0n) is 14.4. The summed E-state index contributed by atoms with van der Waals surface area (Å²) in [6.07, 6.45) is 1.51. The van der Waals surface area contributed by atoms with Gasteiger partial charge in [-0.15, -0.1) is 11.3 Å². The van der Waals surface area contributed by atoms with Crippen LogP contribution in [0.1, 0.15) is 17.7 Å². The van der Waals surface area contributed by atoms with Gasteiger partial charge in [-0.2, -0.15) is 0 Å². The maximum atomic E-state index is 12.1. The molecule has 0 aromatic carbocycles. The van der Waals surface area contributed by atoms with Crippen molar-refractivity contribution in [3.05, 3.63) is 63.5 Å². The highest BCUT2D eigenvalue weighted by molar-refractivity contribution is 7.91. The molecule has 10 heteroatoms. The SMILES string of the molecule is Cc1ccn2c(=O)cc(COC(=O)CCNS(=O)(=O)c3cccs3)nc2c1. The largest absolute Gasteiger partial charge is 0.459 e. The van der Waals surface area contributed by atoms with Crippen LogP contribution in [0, 0.1) is 6.92 Å². The zero-order valence-corrected chi connectivity index (χ0v) is 16.0. The average molecular weight is 407 g/mol. The molecular weight excluding hydrogens is 390 g/mol. The molecule has 27 heavy (non-hydrogen) atoms. The van der Waals surface area contributed by atoms with Crippen molar-refractivity contribution in [3.63, 3.8) is 0 Å². The number of fused-ring (bicyclic) bond motifs is 1. The number of nitrogens with zero attached hydrogens (tertiary/aromatic N) is 2. The Balaban J connectivity index is 1.55. The Kier molecular flexibility index (Phi) is 5.68. The standard InChI is InChI=1S/C17H17N3O5S2/c1-12-5-7-20-14(9-12)19-13(10-15(20)21)11-25-16(22)4-6-18-27(23,24)17-3-2-8-26-17/h2-3,5,7-10,18H,4,6,11H2,1H3. The van der Waals surface area contributed by atoms with Gasteiger partial charge in [0.15, 0.2) is 0 Å². The summed E-state index contributed by atoms with van der Waals surface area (Å²) in [7, 11) is -3.61. The third-order valence-corrected chi connectivity index (χ3v) is 6.50. The molecule has 3 rings (SSSR count). The number of rotatable bonds is 7. The summed E-state index contributed by atoms with van der Waals surface area (Å²) >= 11 is 1.09.